The Morgan fingerprint density at radius 3 is 1.97 bits per heavy atom. The molecule has 2 N–H and O–H groups in total. The van der Waals surface area contributed by atoms with E-state index in [4.69, 9.17) is 0 Å². The highest BCUT2D eigenvalue weighted by Crippen LogP contribution is 2.26. The third-order valence-electron chi connectivity index (χ3n) is 2.81. The summed E-state index contributed by atoms with van der Waals surface area (Å²) in [6.45, 7) is 3.73. The monoisotopic (exact) mass is 425 g/mol. The second kappa shape index (κ2) is 8.17. The molecule has 0 unspecified atom stereocenters. The molecule has 2 aromatic rings. The second-order valence-electron chi connectivity index (χ2n) is 6.74. The lowest BCUT2D eigenvalue weighted by atomic mass is 10.1. The van der Waals surface area contributed by atoms with Crippen molar-refractivity contribution in [3.05, 3.63) is 24.3 Å². The minimum atomic E-state index is -4.83. The van der Waals surface area contributed by atoms with Gasteiger partial charge in [-0.1, -0.05) is 0 Å². The summed E-state index contributed by atoms with van der Waals surface area (Å²) in [4.78, 5) is 11.5. The van der Waals surface area contributed by atoms with Gasteiger partial charge in [-0.2, -0.15) is 28.1 Å². The Balaban J connectivity index is 2.22. The van der Waals surface area contributed by atoms with E-state index in [9.17, 15) is 26.3 Å². The Labute approximate surface area is 161 Å². The maximum atomic E-state index is 12.4. The van der Waals surface area contributed by atoms with E-state index < -0.39 is 36.4 Å². The fraction of sp³-hybridized carbons (Fsp3) is 0.438. The number of nitrogens with one attached hydrogen (secondary N) is 2. The molecule has 13 heteroatoms. The molecule has 0 aliphatic rings. The molecule has 1 aromatic heterocycles. The van der Waals surface area contributed by atoms with Gasteiger partial charge in [0.05, 0.1) is 0 Å². The molecule has 0 amide bonds. The number of anilines is 3. The zero-order chi connectivity index (χ0) is 21.9. The number of halogens is 6. The summed E-state index contributed by atoms with van der Waals surface area (Å²) in [7, 11) is 0. The minimum absolute atomic E-state index is 0.0517. The molecule has 0 fully saturated rings. The van der Waals surface area contributed by atoms with Gasteiger partial charge in [-0.05, 0) is 45.0 Å². The number of aromatic nitrogens is 3. The van der Waals surface area contributed by atoms with Crippen molar-refractivity contribution in [1.29, 1.82) is 0 Å². The number of rotatable bonds is 6. The highest BCUT2D eigenvalue weighted by molar-refractivity contribution is 5.55. The van der Waals surface area contributed by atoms with E-state index in [0.717, 1.165) is 12.1 Å². The average molecular weight is 425 g/mol. The van der Waals surface area contributed by atoms with Crippen LogP contribution in [-0.2, 0) is 0 Å². The summed E-state index contributed by atoms with van der Waals surface area (Å²) >= 11 is 0. The van der Waals surface area contributed by atoms with Crippen molar-refractivity contribution in [3.63, 3.8) is 0 Å². The van der Waals surface area contributed by atoms with E-state index in [0.29, 0.717) is 0 Å². The van der Waals surface area contributed by atoms with Crippen molar-refractivity contribution in [3.8, 4) is 11.8 Å². The molecule has 0 bridgehead atoms. The van der Waals surface area contributed by atoms with Gasteiger partial charge in [0.1, 0.15) is 5.75 Å². The number of benzene rings is 1. The molecule has 0 atom stereocenters. The van der Waals surface area contributed by atoms with Crippen LogP contribution in [-0.4, -0.2) is 39.6 Å². The Morgan fingerprint density at radius 2 is 1.45 bits per heavy atom. The number of hydrogen-bond donors (Lipinski definition) is 2. The Bertz CT molecular complexity index is 819. The molecule has 0 radical (unpaired) electrons. The van der Waals surface area contributed by atoms with Gasteiger partial charge in [-0.3, -0.25) is 0 Å². The van der Waals surface area contributed by atoms with Gasteiger partial charge < -0.3 is 20.1 Å². The molecular weight excluding hydrogens is 408 g/mol. The molecule has 0 spiro atoms. The van der Waals surface area contributed by atoms with Crippen molar-refractivity contribution >= 4 is 17.6 Å². The van der Waals surface area contributed by atoms with Crippen LogP contribution in [0.5, 0.6) is 11.8 Å². The molecule has 0 saturated carbocycles. The van der Waals surface area contributed by atoms with E-state index in [1.165, 1.54) is 12.1 Å². The first-order valence-electron chi connectivity index (χ1n) is 8.05. The normalized spacial score (nSPS) is 12.4. The zero-order valence-corrected chi connectivity index (χ0v) is 15.4. The Hall–Kier alpha value is -2.99. The van der Waals surface area contributed by atoms with Crippen LogP contribution in [0, 0.1) is 0 Å². The summed E-state index contributed by atoms with van der Waals surface area (Å²) in [5, 5.41) is 5.53. The summed E-state index contributed by atoms with van der Waals surface area (Å²) in [6.07, 6.45) is -9.42. The fourth-order valence-electron chi connectivity index (χ4n) is 1.88. The highest BCUT2D eigenvalue weighted by Gasteiger charge is 2.31. The van der Waals surface area contributed by atoms with Gasteiger partial charge in [-0.25, -0.2) is 0 Å². The molecule has 1 aromatic carbocycles. The number of alkyl halides is 6. The van der Waals surface area contributed by atoms with Crippen molar-refractivity contribution < 1.29 is 35.8 Å². The van der Waals surface area contributed by atoms with E-state index in [1.807, 2.05) is 0 Å². The average Bonchev–Trinajstić information content (AvgIpc) is 2.51. The molecule has 1 heterocycles. The summed E-state index contributed by atoms with van der Waals surface area (Å²) in [5.41, 5.74) is -0.259. The smallest absolute Gasteiger partial charge is 0.454 e. The van der Waals surface area contributed by atoms with Gasteiger partial charge in [0.15, 0.2) is 6.61 Å². The Kier molecular flexibility index (Phi) is 6.28. The lowest BCUT2D eigenvalue weighted by molar-refractivity contribution is -0.274. The SMILES string of the molecule is CC(C)(C)Nc1nc(Nc2ccc(OC(F)(F)F)cc2)nc(OCC(F)(F)F)n1. The van der Waals surface area contributed by atoms with Crippen molar-refractivity contribution in [1.82, 2.24) is 15.0 Å². The lowest BCUT2D eigenvalue weighted by Gasteiger charge is -2.21. The second-order valence-corrected chi connectivity index (χ2v) is 6.74. The van der Waals surface area contributed by atoms with Crippen LogP contribution in [0.3, 0.4) is 0 Å². The summed E-state index contributed by atoms with van der Waals surface area (Å²) < 4.78 is 82.1. The third-order valence-corrected chi connectivity index (χ3v) is 2.81. The first kappa shape index (κ1) is 22.3. The number of nitrogens with zero attached hydrogens (tertiary/aromatic N) is 3. The van der Waals surface area contributed by atoms with Crippen LogP contribution in [0.1, 0.15) is 20.8 Å². The molecule has 7 nitrogen and oxygen atoms in total. The van der Waals surface area contributed by atoms with E-state index >= 15 is 0 Å². The van der Waals surface area contributed by atoms with E-state index in [2.05, 4.69) is 35.1 Å². The topological polar surface area (TPSA) is 81.2 Å². The van der Waals surface area contributed by atoms with E-state index in [-0.39, 0.29) is 17.6 Å². The van der Waals surface area contributed by atoms with Crippen LogP contribution in [0.4, 0.5) is 43.9 Å². The molecule has 29 heavy (non-hydrogen) atoms. The first-order valence-corrected chi connectivity index (χ1v) is 8.05. The maximum Gasteiger partial charge on any atom is 0.573 e. The molecular formula is C16H17F6N5O2. The quantitative estimate of drug-likeness (QED) is 0.652. The van der Waals surface area contributed by atoms with Crippen molar-refractivity contribution in [2.75, 3.05) is 17.2 Å². The lowest BCUT2D eigenvalue weighted by Crippen LogP contribution is -2.28. The van der Waals surface area contributed by atoms with Gasteiger partial charge >= 0.3 is 18.5 Å². The predicted molar refractivity (Wildman–Crippen MR) is 91.2 cm³/mol. The van der Waals surface area contributed by atoms with Crippen molar-refractivity contribution in [2.45, 2.75) is 38.8 Å². The van der Waals surface area contributed by atoms with Crippen LogP contribution < -0.4 is 20.1 Å². The van der Waals surface area contributed by atoms with Gasteiger partial charge in [0.25, 0.3) is 0 Å². The number of hydrogen-bond acceptors (Lipinski definition) is 7. The van der Waals surface area contributed by atoms with Gasteiger partial charge in [-0.15, -0.1) is 13.2 Å². The van der Waals surface area contributed by atoms with E-state index in [1.54, 1.807) is 20.8 Å². The highest BCUT2D eigenvalue weighted by atomic mass is 19.4. The molecule has 0 saturated heterocycles. The van der Waals surface area contributed by atoms with Gasteiger partial charge in [0, 0.05) is 11.2 Å². The molecule has 160 valence electrons. The number of ether oxygens (including phenoxy) is 2. The summed E-state index contributed by atoms with van der Waals surface area (Å²) in [6, 6.07) is 4.01. The van der Waals surface area contributed by atoms with Gasteiger partial charge in [0.2, 0.25) is 11.9 Å². The maximum absolute atomic E-state index is 12.4. The summed E-state index contributed by atoms with van der Waals surface area (Å²) in [5.74, 6) is -0.666. The van der Waals surface area contributed by atoms with Crippen molar-refractivity contribution in [2.24, 2.45) is 0 Å². The third kappa shape index (κ3) is 8.70. The largest absolute Gasteiger partial charge is 0.573 e. The Morgan fingerprint density at radius 1 is 0.862 bits per heavy atom. The van der Waals surface area contributed by atoms with Crippen LogP contribution in [0.15, 0.2) is 24.3 Å². The standard InChI is InChI=1S/C16H17F6N5O2/c1-14(2,3)27-12-24-11(25-13(26-12)28-8-15(17,18)19)23-9-4-6-10(7-5-9)29-16(20,21)22/h4-7H,8H2,1-3H3,(H2,23,24,25,26,27). The minimum Gasteiger partial charge on any atom is -0.454 e. The van der Waals surface area contributed by atoms with Crippen LogP contribution in [0.25, 0.3) is 0 Å². The zero-order valence-electron chi connectivity index (χ0n) is 15.4. The first-order chi connectivity index (χ1) is 13.2. The fourth-order valence-corrected chi connectivity index (χ4v) is 1.88. The van der Waals surface area contributed by atoms with Crippen LogP contribution in [0.2, 0.25) is 0 Å². The molecule has 2 rings (SSSR count). The predicted octanol–water partition coefficient (Wildman–Crippen LogP) is 4.67. The van der Waals surface area contributed by atoms with Crippen LogP contribution >= 0.6 is 0 Å². The molecule has 0 aliphatic carbocycles. The molecule has 0 aliphatic heterocycles.